The van der Waals surface area contributed by atoms with Gasteiger partial charge in [-0.3, -0.25) is 4.72 Å². The van der Waals surface area contributed by atoms with E-state index in [0.717, 1.165) is 24.6 Å². The van der Waals surface area contributed by atoms with Gasteiger partial charge in [0, 0.05) is 11.0 Å². The molecule has 0 aliphatic heterocycles. The molecule has 2 rings (SSSR count). The number of aryl methyl sites for hydroxylation is 1. The lowest BCUT2D eigenvalue weighted by Gasteiger charge is -2.09. The molecular formula is C14H20BrNO2S. The molecule has 0 heterocycles. The van der Waals surface area contributed by atoms with Gasteiger partial charge in [0.25, 0.3) is 0 Å². The standard InChI is InChI=1S/C14H20BrNO2S/c15-9-2-4-13-3-1-5-14(11-13)16-19(17,18)10-8-12-6-7-12/h1,3,5,11-12,16H,2,4,6-10H2. The number of benzene rings is 1. The van der Waals surface area contributed by atoms with Crippen molar-refractivity contribution in [2.75, 3.05) is 15.8 Å². The van der Waals surface area contributed by atoms with E-state index in [1.165, 1.54) is 18.4 Å². The molecule has 1 saturated carbocycles. The molecule has 0 unspecified atom stereocenters. The van der Waals surface area contributed by atoms with Crippen LogP contribution in [0.5, 0.6) is 0 Å². The highest BCUT2D eigenvalue weighted by molar-refractivity contribution is 9.09. The van der Waals surface area contributed by atoms with Crippen molar-refractivity contribution < 1.29 is 8.42 Å². The second-order valence-corrected chi connectivity index (χ2v) is 7.78. The Hall–Kier alpha value is -0.550. The van der Waals surface area contributed by atoms with Gasteiger partial charge < -0.3 is 0 Å². The topological polar surface area (TPSA) is 46.2 Å². The summed E-state index contributed by atoms with van der Waals surface area (Å²) >= 11 is 3.40. The van der Waals surface area contributed by atoms with Gasteiger partial charge >= 0.3 is 0 Å². The first kappa shape index (κ1) is 14.9. The van der Waals surface area contributed by atoms with Gasteiger partial charge in [0.2, 0.25) is 10.0 Å². The SMILES string of the molecule is O=S(=O)(CCC1CC1)Nc1cccc(CCCBr)c1. The van der Waals surface area contributed by atoms with Crippen LogP contribution in [0.25, 0.3) is 0 Å². The normalized spacial score (nSPS) is 15.4. The highest BCUT2D eigenvalue weighted by Crippen LogP contribution is 2.32. The summed E-state index contributed by atoms with van der Waals surface area (Å²) in [4.78, 5) is 0. The van der Waals surface area contributed by atoms with Crippen molar-refractivity contribution >= 4 is 31.6 Å². The molecule has 0 radical (unpaired) electrons. The maximum Gasteiger partial charge on any atom is 0.232 e. The number of nitrogens with one attached hydrogen (secondary N) is 1. The van der Waals surface area contributed by atoms with Crippen LogP contribution in [-0.4, -0.2) is 19.5 Å². The van der Waals surface area contributed by atoms with E-state index in [2.05, 4.69) is 20.7 Å². The van der Waals surface area contributed by atoms with Crippen LogP contribution < -0.4 is 4.72 Å². The lowest BCUT2D eigenvalue weighted by molar-refractivity contribution is 0.595. The van der Waals surface area contributed by atoms with E-state index in [1.807, 2.05) is 24.3 Å². The van der Waals surface area contributed by atoms with Crippen LogP contribution in [0, 0.1) is 5.92 Å². The van der Waals surface area contributed by atoms with E-state index in [-0.39, 0.29) is 5.75 Å². The average Bonchev–Trinajstić information content (AvgIpc) is 3.18. The summed E-state index contributed by atoms with van der Waals surface area (Å²) in [5, 5.41) is 0.963. The average molecular weight is 346 g/mol. The van der Waals surface area contributed by atoms with Gasteiger partial charge in [-0.2, -0.15) is 0 Å². The monoisotopic (exact) mass is 345 g/mol. The number of hydrogen-bond donors (Lipinski definition) is 1. The maximum absolute atomic E-state index is 11.9. The van der Waals surface area contributed by atoms with Crippen LogP contribution in [0.4, 0.5) is 5.69 Å². The summed E-state index contributed by atoms with van der Waals surface area (Å²) in [7, 11) is -3.19. The number of halogens is 1. The Kier molecular flexibility index (Phi) is 5.28. The van der Waals surface area contributed by atoms with Crippen LogP contribution in [0.1, 0.15) is 31.2 Å². The van der Waals surface area contributed by atoms with Gasteiger partial charge in [-0.25, -0.2) is 8.42 Å². The van der Waals surface area contributed by atoms with Crippen LogP contribution in [0.2, 0.25) is 0 Å². The molecule has 3 nitrogen and oxygen atoms in total. The minimum Gasteiger partial charge on any atom is -0.284 e. The summed E-state index contributed by atoms with van der Waals surface area (Å²) in [6.07, 6.45) is 5.19. The molecule has 0 saturated heterocycles. The molecule has 1 aliphatic rings. The van der Waals surface area contributed by atoms with Crippen molar-refractivity contribution in [1.29, 1.82) is 0 Å². The third-order valence-electron chi connectivity index (χ3n) is 3.29. The zero-order valence-corrected chi connectivity index (χ0v) is 13.3. The van der Waals surface area contributed by atoms with Gasteiger partial charge in [-0.1, -0.05) is 40.9 Å². The predicted octanol–water partition coefficient (Wildman–Crippen LogP) is 3.56. The first-order chi connectivity index (χ1) is 9.09. The highest BCUT2D eigenvalue weighted by Gasteiger charge is 2.23. The smallest absolute Gasteiger partial charge is 0.232 e. The van der Waals surface area contributed by atoms with E-state index < -0.39 is 10.0 Å². The van der Waals surface area contributed by atoms with Gasteiger partial charge in [0.15, 0.2) is 0 Å². The van der Waals surface area contributed by atoms with Crippen molar-refractivity contribution in [3.05, 3.63) is 29.8 Å². The van der Waals surface area contributed by atoms with E-state index in [1.54, 1.807) is 0 Å². The fourth-order valence-electron chi connectivity index (χ4n) is 2.02. The molecule has 1 fully saturated rings. The summed E-state index contributed by atoms with van der Waals surface area (Å²) in [5.74, 6) is 0.880. The Morgan fingerprint density at radius 2 is 2.11 bits per heavy atom. The van der Waals surface area contributed by atoms with Crippen molar-refractivity contribution in [3.8, 4) is 0 Å². The van der Waals surface area contributed by atoms with Gasteiger partial charge in [-0.05, 0) is 42.9 Å². The first-order valence-corrected chi connectivity index (χ1v) is 9.52. The van der Waals surface area contributed by atoms with E-state index in [9.17, 15) is 8.42 Å². The molecule has 1 aliphatic carbocycles. The largest absolute Gasteiger partial charge is 0.284 e. The summed E-state index contributed by atoms with van der Waals surface area (Å²) < 4.78 is 26.6. The Morgan fingerprint density at radius 1 is 1.32 bits per heavy atom. The second kappa shape index (κ2) is 6.75. The van der Waals surface area contributed by atoms with Crippen LogP contribution in [0.3, 0.4) is 0 Å². The van der Waals surface area contributed by atoms with Crippen molar-refractivity contribution in [1.82, 2.24) is 0 Å². The van der Waals surface area contributed by atoms with Crippen molar-refractivity contribution in [3.63, 3.8) is 0 Å². The Morgan fingerprint density at radius 3 is 2.79 bits per heavy atom. The Bertz CT molecular complexity index is 512. The Labute approximate surface area is 124 Å². The predicted molar refractivity (Wildman–Crippen MR) is 83.3 cm³/mol. The number of sulfonamides is 1. The molecular weight excluding hydrogens is 326 g/mol. The fourth-order valence-corrected chi connectivity index (χ4v) is 3.53. The second-order valence-electron chi connectivity index (χ2n) is 5.15. The molecule has 1 aromatic carbocycles. The Balaban J connectivity index is 1.92. The zero-order valence-electron chi connectivity index (χ0n) is 10.9. The first-order valence-electron chi connectivity index (χ1n) is 6.74. The van der Waals surface area contributed by atoms with Gasteiger partial charge in [-0.15, -0.1) is 0 Å². The molecule has 106 valence electrons. The number of rotatable bonds is 8. The molecule has 5 heteroatoms. The molecule has 1 N–H and O–H groups in total. The third-order valence-corrected chi connectivity index (χ3v) is 5.17. The third kappa shape index (κ3) is 5.53. The lowest BCUT2D eigenvalue weighted by atomic mass is 10.1. The van der Waals surface area contributed by atoms with E-state index in [4.69, 9.17) is 0 Å². The van der Waals surface area contributed by atoms with Crippen LogP contribution in [-0.2, 0) is 16.4 Å². The number of hydrogen-bond acceptors (Lipinski definition) is 2. The highest BCUT2D eigenvalue weighted by atomic mass is 79.9. The summed E-state index contributed by atoms with van der Waals surface area (Å²) in [5.41, 5.74) is 1.85. The van der Waals surface area contributed by atoms with Gasteiger partial charge in [0.1, 0.15) is 0 Å². The molecule has 19 heavy (non-hydrogen) atoms. The molecule has 0 amide bonds. The van der Waals surface area contributed by atoms with E-state index >= 15 is 0 Å². The molecule has 0 spiro atoms. The van der Waals surface area contributed by atoms with Crippen molar-refractivity contribution in [2.45, 2.75) is 32.1 Å². The van der Waals surface area contributed by atoms with Crippen LogP contribution in [0.15, 0.2) is 24.3 Å². The molecule has 0 bridgehead atoms. The number of alkyl halides is 1. The molecule has 1 aromatic rings. The molecule has 0 aromatic heterocycles. The summed E-state index contributed by atoms with van der Waals surface area (Å²) in [6.45, 7) is 0. The molecule has 0 atom stereocenters. The van der Waals surface area contributed by atoms with Crippen molar-refractivity contribution in [2.24, 2.45) is 5.92 Å². The maximum atomic E-state index is 11.9. The van der Waals surface area contributed by atoms with Crippen LogP contribution >= 0.6 is 15.9 Å². The fraction of sp³-hybridized carbons (Fsp3) is 0.571. The van der Waals surface area contributed by atoms with E-state index in [0.29, 0.717) is 11.6 Å². The lowest BCUT2D eigenvalue weighted by Crippen LogP contribution is -2.17. The minimum atomic E-state index is -3.19. The van der Waals surface area contributed by atoms with Gasteiger partial charge in [0.05, 0.1) is 5.75 Å². The summed E-state index contributed by atoms with van der Waals surface area (Å²) in [6, 6.07) is 7.68. The zero-order chi connectivity index (χ0) is 13.7. The number of anilines is 1. The quantitative estimate of drug-likeness (QED) is 0.732. The minimum absolute atomic E-state index is 0.239.